The molecule has 1 atom stereocenters. The second kappa shape index (κ2) is 6.22. The number of amides is 1. The summed E-state index contributed by atoms with van der Waals surface area (Å²) >= 11 is 0. The molecule has 0 unspecified atom stereocenters. The zero-order valence-corrected chi connectivity index (χ0v) is 15.7. The third kappa shape index (κ3) is 2.99. The summed E-state index contributed by atoms with van der Waals surface area (Å²) in [5, 5.41) is 3.23. The van der Waals surface area contributed by atoms with Crippen LogP contribution in [0.2, 0.25) is 0 Å². The monoisotopic (exact) mass is 367 g/mol. The molecule has 0 spiro atoms. The average Bonchev–Trinajstić information content (AvgIpc) is 3.11. The molecule has 27 heavy (non-hydrogen) atoms. The standard InChI is InChI=1S/C23H26FNO2/c1-14(23-11-15-8-16(12-23)10-17(9-15)13-23)25-22(26)21-7-6-20(27-21)18-2-4-19(24)5-3-18/h2-7,14-17H,8-13H2,1H3,(H,25,26)/t14-,15?,16?,17?,23?/m1/s1. The van der Waals surface area contributed by atoms with Crippen molar-refractivity contribution in [3.05, 3.63) is 48.0 Å². The summed E-state index contributed by atoms with van der Waals surface area (Å²) in [5.41, 5.74) is 1.04. The molecule has 1 amide bonds. The molecule has 0 aliphatic heterocycles. The number of benzene rings is 1. The second-order valence-electron chi connectivity index (χ2n) is 9.15. The lowest BCUT2D eigenvalue weighted by atomic mass is 9.48. The fourth-order valence-corrected chi connectivity index (χ4v) is 6.36. The van der Waals surface area contributed by atoms with E-state index in [-0.39, 0.29) is 23.2 Å². The van der Waals surface area contributed by atoms with Crippen molar-refractivity contribution in [3.63, 3.8) is 0 Å². The second-order valence-corrected chi connectivity index (χ2v) is 9.15. The van der Waals surface area contributed by atoms with E-state index in [2.05, 4.69) is 12.2 Å². The Kier molecular flexibility index (Phi) is 3.92. The van der Waals surface area contributed by atoms with Gasteiger partial charge in [-0.1, -0.05) is 0 Å². The van der Waals surface area contributed by atoms with Crippen molar-refractivity contribution in [1.29, 1.82) is 0 Å². The van der Waals surface area contributed by atoms with Gasteiger partial charge in [0.2, 0.25) is 0 Å². The van der Waals surface area contributed by atoms with E-state index in [0.29, 0.717) is 11.5 Å². The number of halogens is 1. The Labute approximate surface area is 159 Å². The molecular weight excluding hydrogens is 341 g/mol. The largest absolute Gasteiger partial charge is 0.451 e. The van der Waals surface area contributed by atoms with E-state index in [1.165, 1.54) is 50.7 Å². The van der Waals surface area contributed by atoms with Crippen LogP contribution in [0.5, 0.6) is 0 Å². The van der Waals surface area contributed by atoms with Crippen LogP contribution in [0.3, 0.4) is 0 Å². The molecule has 1 aromatic heterocycles. The molecule has 4 aliphatic carbocycles. The van der Waals surface area contributed by atoms with Crippen LogP contribution in [0.4, 0.5) is 4.39 Å². The number of rotatable bonds is 4. The topological polar surface area (TPSA) is 42.2 Å². The number of furan rings is 1. The van der Waals surface area contributed by atoms with Crippen LogP contribution in [0.1, 0.15) is 56.0 Å². The molecular formula is C23H26FNO2. The van der Waals surface area contributed by atoms with E-state index >= 15 is 0 Å². The molecule has 0 radical (unpaired) electrons. The Balaban J connectivity index is 1.30. The lowest BCUT2D eigenvalue weighted by Gasteiger charge is -2.59. The van der Waals surface area contributed by atoms with Gasteiger partial charge in [-0.25, -0.2) is 4.39 Å². The SMILES string of the molecule is C[C@@H](NC(=O)c1ccc(-c2ccc(F)cc2)o1)C12CC3CC(CC(C3)C1)C2. The Bertz CT molecular complexity index is 818. The minimum atomic E-state index is -0.285. The van der Waals surface area contributed by atoms with Gasteiger partial charge in [-0.05, 0) is 105 Å². The van der Waals surface area contributed by atoms with Gasteiger partial charge in [0.25, 0.3) is 5.91 Å². The first-order chi connectivity index (χ1) is 13.0. The summed E-state index contributed by atoms with van der Waals surface area (Å²) in [7, 11) is 0. The van der Waals surface area contributed by atoms with Crippen LogP contribution in [-0.4, -0.2) is 11.9 Å². The predicted molar refractivity (Wildman–Crippen MR) is 102 cm³/mol. The molecule has 1 N–H and O–H groups in total. The van der Waals surface area contributed by atoms with E-state index in [4.69, 9.17) is 4.42 Å². The third-order valence-corrected chi connectivity index (χ3v) is 7.31. The van der Waals surface area contributed by atoms with Crippen molar-refractivity contribution in [1.82, 2.24) is 5.32 Å². The van der Waals surface area contributed by atoms with Crippen molar-refractivity contribution in [2.24, 2.45) is 23.2 Å². The lowest BCUT2D eigenvalue weighted by molar-refractivity contribution is -0.0688. The van der Waals surface area contributed by atoms with Crippen molar-refractivity contribution >= 4 is 5.91 Å². The predicted octanol–water partition coefficient (Wildman–Crippen LogP) is 5.42. The maximum atomic E-state index is 13.1. The summed E-state index contributed by atoms with van der Waals surface area (Å²) in [4.78, 5) is 12.8. The first-order valence-electron chi connectivity index (χ1n) is 10.2. The van der Waals surface area contributed by atoms with Gasteiger partial charge in [-0.15, -0.1) is 0 Å². The Morgan fingerprint density at radius 3 is 2.22 bits per heavy atom. The molecule has 4 aliphatic rings. The highest BCUT2D eigenvalue weighted by molar-refractivity contribution is 5.92. The Morgan fingerprint density at radius 2 is 1.63 bits per heavy atom. The van der Waals surface area contributed by atoms with E-state index in [1.807, 2.05) is 0 Å². The fourth-order valence-electron chi connectivity index (χ4n) is 6.36. The van der Waals surface area contributed by atoms with Crippen molar-refractivity contribution in [2.45, 2.75) is 51.5 Å². The first kappa shape index (κ1) is 17.0. The van der Waals surface area contributed by atoms with E-state index < -0.39 is 0 Å². The normalized spacial score (nSPS) is 32.4. The molecule has 4 saturated carbocycles. The van der Waals surface area contributed by atoms with E-state index in [9.17, 15) is 9.18 Å². The molecule has 4 bridgehead atoms. The number of hydrogen-bond acceptors (Lipinski definition) is 2. The molecule has 3 nitrogen and oxygen atoms in total. The van der Waals surface area contributed by atoms with Crippen LogP contribution in [0.25, 0.3) is 11.3 Å². The molecule has 6 rings (SSSR count). The lowest BCUT2D eigenvalue weighted by Crippen LogP contribution is -2.55. The first-order valence-corrected chi connectivity index (χ1v) is 10.2. The zero-order chi connectivity index (χ0) is 18.6. The maximum Gasteiger partial charge on any atom is 0.287 e. The third-order valence-electron chi connectivity index (χ3n) is 7.31. The summed E-state index contributed by atoms with van der Waals surface area (Å²) in [6.07, 6.45) is 8.00. The van der Waals surface area contributed by atoms with Gasteiger partial charge in [0.15, 0.2) is 5.76 Å². The van der Waals surface area contributed by atoms with Crippen molar-refractivity contribution in [2.75, 3.05) is 0 Å². The maximum absolute atomic E-state index is 13.1. The molecule has 4 fully saturated rings. The molecule has 1 heterocycles. The molecule has 0 saturated heterocycles. The Morgan fingerprint density at radius 1 is 1.04 bits per heavy atom. The number of hydrogen-bond donors (Lipinski definition) is 1. The Hall–Kier alpha value is -2.10. The fraction of sp³-hybridized carbons (Fsp3) is 0.522. The summed E-state index contributed by atoms with van der Waals surface area (Å²) in [6.45, 7) is 2.18. The summed E-state index contributed by atoms with van der Waals surface area (Å²) in [6, 6.07) is 9.76. The van der Waals surface area contributed by atoms with Crippen LogP contribution < -0.4 is 5.32 Å². The van der Waals surface area contributed by atoms with E-state index in [0.717, 1.165) is 23.3 Å². The average molecular weight is 367 g/mol. The van der Waals surface area contributed by atoms with Gasteiger partial charge in [-0.3, -0.25) is 4.79 Å². The minimum Gasteiger partial charge on any atom is -0.451 e. The van der Waals surface area contributed by atoms with Crippen LogP contribution in [0.15, 0.2) is 40.8 Å². The van der Waals surface area contributed by atoms with Gasteiger partial charge in [0, 0.05) is 11.6 Å². The molecule has 2 aromatic rings. The molecule has 1 aromatic carbocycles. The number of nitrogens with one attached hydrogen (secondary N) is 1. The highest BCUT2D eigenvalue weighted by Crippen LogP contribution is 2.61. The minimum absolute atomic E-state index is 0.147. The highest BCUT2D eigenvalue weighted by Gasteiger charge is 2.53. The zero-order valence-electron chi connectivity index (χ0n) is 15.7. The van der Waals surface area contributed by atoms with Gasteiger partial charge in [-0.2, -0.15) is 0 Å². The van der Waals surface area contributed by atoms with Gasteiger partial charge < -0.3 is 9.73 Å². The van der Waals surface area contributed by atoms with Gasteiger partial charge in [0.05, 0.1) is 0 Å². The van der Waals surface area contributed by atoms with Gasteiger partial charge in [0.1, 0.15) is 11.6 Å². The summed E-state index contributed by atoms with van der Waals surface area (Å²) in [5.74, 6) is 3.07. The smallest absolute Gasteiger partial charge is 0.287 e. The number of carbonyl (C=O) groups is 1. The quantitative estimate of drug-likeness (QED) is 0.784. The molecule has 4 heteroatoms. The molecule has 142 valence electrons. The van der Waals surface area contributed by atoms with Crippen LogP contribution in [-0.2, 0) is 0 Å². The van der Waals surface area contributed by atoms with E-state index in [1.54, 1.807) is 24.3 Å². The van der Waals surface area contributed by atoms with Gasteiger partial charge >= 0.3 is 0 Å². The van der Waals surface area contributed by atoms with Crippen molar-refractivity contribution in [3.8, 4) is 11.3 Å². The van der Waals surface area contributed by atoms with Crippen LogP contribution >= 0.6 is 0 Å². The van der Waals surface area contributed by atoms with Crippen molar-refractivity contribution < 1.29 is 13.6 Å². The summed E-state index contributed by atoms with van der Waals surface area (Å²) < 4.78 is 18.9. The highest BCUT2D eigenvalue weighted by atomic mass is 19.1. The number of carbonyl (C=O) groups excluding carboxylic acids is 1. The van der Waals surface area contributed by atoms with Crippen LogP contribution in [0, 0.1) is 29.0 Å².